The highest BCUT2D eigenvalue weighted by molar-refractivity contribution is 5.81. The third-order valence-electron chi connectivity index (χ3n) is 0.573. The van der Waals surface area contributed by atoms with E-state index in [1.165, 1.54) is 5.92 Å². The van der Waals surface area contributed by atoms with Crippen LogP contribution in [0.4, 0.5) is 0 Å². The molecule has 2 nitrogen and oxygen atoms in total. The highest BCUT2D eigenvalue weighted by atomic mass is 16.6. The summed E-state index contributed by atoms with van der Waals surface area (Å²) >= 11 is 0. The van der Waals surface area contributed by atoms with Crippen LogP contribution in [0.3, 0.4) is 0 Å². The van der Waals surface area contributed by atoms with Crippen LogP contribution in [0.1, 0.15) is 41.5 Å². The van der Waals surface area contributed by atoms with E-state index in [2.05, 4.69) is 27.4 Å². The van der Waals surface area contributed by atoms with Gasteiger partial charge in [-0.2, -0.15) is 0 Å². The van der Waals surface area contributed by atoms with Crippen LogP contribution in [0.25, 0.3) is 0 Å². The van der Waals surface area contributed by atoms with Crippen molar-refractivity contribution in [2.45, 2.75) is 47.1 Å². The van der Waals surface area contributed by atoms with E-state index in [0.717, 1.165) is 6.08 Å². The molecule has 0 fully saturated rings. The molecule has 0 aliphatic carbocycles. The lowest BCUT2D eigenvalue weighted by Crippen LogP contribution is -2.22. The molecule has 0 N–H and O–H groups in total. The first-order valence-corrected chi connectivity index (χ1v) is 4.31. The molecule has 0 aromatic rings. The lowest BCUT2D eigenvalue weighted by molar-refractivity contribution is -0.148. The molecule has 0 aliphatic heterocycles. The van der Waals surface area contributed by atoms with Crippen LogP contribution >= 0.6 is 0 Å². The lowest BCUT2D eigenvalue weighted by atomic mass is 10.2. The highest BCUT2D eigenvalue weighted by Crippen LogP contribution is 2.06. The standard InChI is InChI=1S/C7H12O2.C4H9/c1-5-6(8)9-7(2,3)4;1-4(2)3/h5H,1H2,2-4H3;1-3H3. The average Bonchev–Trinajstić information content (AvgIpc) is 1.82. The zero-order valence-corrected chi connectivity index (χ0v) is 9.60. The van der Waals surface area contributed by atoms with E-state index in [1.54, 1.807) is 0 Å². The summed E-state index contributed by atoms with van der Waals surface area (Å²) in [5.74, 6) is 1.04. The van der Waals surface area contributed by atoms with Gasteiger partial charge in [0.2, 0.25) is 0 Å². The average molecular weight is 185 g/mol. The van der Waals surface area contributed by atoms with Gasteiger partial charge in [-0.15, -0.1) is 0 Å². The van der Waals surface area contributed by atoms with Crippen LogP contribution in [0.15, 0.2) is 12.7 Å². The maximum atomic E-state index is 10.5. The minimum absolute atomic E-state index is 0.373. The number of carbonyl (C=O) groups is 1. The molecule has 13 heavy (non-hydrogen) atoms. The van der Waals surface area contributed by atoms with E-state index in [4.69, 9.17) is 4.74 Å². The minimum Gasteiger partial charge on any atom is -0.457 e. The molecule has 0 spiro atoms. The van der Waals surface area contributed by atoms with Gasteiger partial charge in [0.25, 0.3) is 0 Å². The molecule has 0 amide bonds. The maximum Gasteiger partial charge on any atom is 0.330 e. The summed E-state index contributed by atoms with van der Waals surface area (Å²) in [4.78, 5) is 10.5. The summed E-state index contributed by atoms with van der Waals surface area (Å²) in [5.41, 5.74) is -0.398. The van der Waals surface area contributed by atoms with Crippen LogP contribution < -0.4 is 0 Å². The third kappa shape index (κ3) is 24.7. The molecule has 0 unspecified atom stereocenters. The fraction of sp³-hybridized carbons (Fsp3) is 0.636. The van der Waals surface area contributed by atoms with Crippen molar-refractivity contribution in [2.24, 2.45) is 0 Å². The summed E-state index contributed by atoms with van der Waals surface area (Å²) in [6.07, 6.45) is 1.16. The summed E-state index contributed by atoms with van der Waals surface area (Å²) in [6.45, 7) is 15.0. The molecular weight excluding hydrogens is 164 g/mol. The van der Waals surface area contributed by atoms with E-state index in [9.17, 15) is 4.79 Å². The van der Waals surface area contributed by atoms with E-state index >= 15 is 0 Å². The minimum atomic E-state index is -0.398. The fourth-order valence-electron chi connectivity index (χ4n) is 0.343. The predicted molar refractivity (Wildman–Crippen MR) is 56.3 cm³/mol. The van der Waals surface area contributed by atoms with Gasteiger partial charge in [-0.25, -0.2) is 4.79 Å². The summed E-state index contributed by atoms with van der Waals surface area (Å²) in [5, 5.41) is 0. The van der Waals surface area contributed by atoms with Crippen molar-refractivity contribution in [3.05, 3.63) is 18.6 Å². The number of carbonyl (C=O) groups excluding carboxylic acids is 1. The molecular formula is C11H21O2. The Labute approximate surface area is 82.0 Å². The largest absolute Gasteiger partial charge is 0.457 e. The predicted octanol–water partition coefficient (Wildman–Crippen LogP) is 3.13. The van der Waals surface area contributed by atoms with Gasteiger partial charge in [0, 0.05) is 6.08 Å². The Kier molecular flexibility index (Phi) is 7.58. The van der Waals surface area contributed by atoms with E-state index in [1.807, 2.05) is 20.8 Å². The quantitative estimate of drug-likeness (QED) is 0.463. The second-order valence-corrected chi connectivity index (χ2v) is 4.24. The third-order valence-corrected chi connectivity index (χ3v) is 0.573. The first-order chi connectivity index (χ1) is 5.69. The normalized spacial score (nSPS) is 10.1. The first kappa shape index (κ1) is 14.7. The molecule has 0 saturated carbocycles. The monoisotopic (exact) mass is 185 g/mol. The Balaban J connectivity index is 0. The van der Waals surface area contributed by atoms with Gasteiger partial charge in [0.1, 0.15) is 5.60 Å². The van der Waals surface area contributed by atoms with E-state index in [0.29, 0.717) is 0 Å². The topological polar surface area (TPSA) is 26.3 Å². The summed E-state index contributed by atoms with van der Waals surface area (Å²) in [6, 6.07) is 0. The van der Waals surface area contributed by atoms with Gasteiger partial charge >= 0.3 is 5.97 Å². The summed E-state index contributed by atoms with van der Waals surface area (Å²) < 4.78 is 4.83. The van der Waals surface area contributed by atoms with E-state index < -0.39 is 5.60 Å². The molecule has 1 radical (unpaired) electrons. The van der Waals surface area contributed by atoms with E-state index in [-0.39, 0.29) is 5.97 Å². The molecule has 0 aromatic carbocycles. The fourth-order valence-corrected chi connectivity index (χ4v) is 0.343. The molecule has 0 rings (SSSR count). The SMILES string of the molecule is C=CC(=O)OC(C)(C)C.C[C](C)C. The zero-order chi connectivity index (χ0) is 11.1. The molecule has 0 atom stereocenters. The van der Waals surface area contributed by atoms with Crippen molar-refractivity contribution in [1.82, 2.24) is 0 Å². The maximum absolute atomic E-state index is 10.5. The van der Waals surface area contributed by atoms with Crippen LogP contribution in [0.5, 0.6) is 0 Å². The van der Waals surface area contributed by atoms with Crippen molar-refractivity contribution < 1.29 is 9.53 Å². The van der Waals surface area contributed by atoms with Gasteiger partial charge in [-0.1, -0.05) is 27.4 Å². The smallest absolute Gasteiger partial charge is 0.330 e. The Morgan fingerprint density at radius 2 is 1.54 bits per heavy atom. The van der Waals surface area contributed by atoms with Crippen molar-refractivity contribution in [3.8, 4) is 0 Å². The number of rotatable bonds is 1. The Hall–Kier alpha value is -0.790. The van der Waals surface area contributed by atoms with Gasteiger partial charge < -0.3 is 4.74 Å². The van der Waals surface area contributed by atoms with Crippen molar-refractivity contribution in [3.63, 3.8) is 0 Å². The Morgan fingerprint density at radius 3 is 1.62 bits per heavy atom. The van der Waals surface area contributed by atoms with Gasteiger partial charge in [-0.3, -0.25) is 0 Å². The first-order valence-electron chi connectivity index (χ1n) is 4.31. The van der Waals surface area contributed by atoms with Crippen molar-refractivity contribution in [2.75, 3.05) is 0 Å². The number of hydrogen-bond acceptors (Lipinski definition) is 2. The molecule has 0 saturated heterocycles. The van der Waals surface area contributed by atoms with Crippen LogP contribution in [-0.2, 0) is 9.53 Å². The second-order valence-electron chi connectivity index (χ2n) is 4.24. The van der Waals surface area contributed by atoms with Crippen LogP contribution in [0.2, 0.25) is 0 Å². The van der Waals surface area contributed by atoms with Gasteiger partial charge in [0.05, 0.1) is 0 Å². The van der Waals surface area contributed by atoms with Gasteiger partial charge in [-0.05, 0) is 26.7 Å². The van der Waals surface area contributed by atoms with Gasteiger partial charge in [0.15, 0.2) is 0 Å². The van der Waals surface area contributed by atoms with Crippen LogP contribution in [-0.4, -0.2) is 11.6 Å². The molecule has 0 heterocycles. The van der Waals surface area contributed by atoms with Crippen LogP contribution in [0, 0.1) is 5.92 Å². The van der Waals surface area contributed by atoms with Crippen molar-refractivity contribution >= 4 is 5.97 Å². The molecule has 2 heteroatoms. The summed E-state index contributed by atoms with van der Waals surface area (Å²) in [7, 11) is 0. The molecule has 77 valence electrons. The van der Waals surface area contributed by atoms with Crippen molar-refractivity contribution in [1.29, 1.82) is 0 Å². The Morgan fingerprint density at radius 1 is 1.23 bits per heavy atom. The number of ether oxygens (including phenoxy) is 1. The zero-order valence-electron chi connectivity index (χ0n) is 9.60. The second kappa shape index (κ2) is 6.70. The molecule has 0 aliphatic rings. The lowest BCUT2D eigenvalue weighted by Gasteiger charge is -2.17. The molecule has 0 bridgehead atoms. The number of hydrogen-bond donors (Lipinski definition) is 0. The molecule has 0 aromatic heterocycles. The highest BCUT2D eigenvalue weighted by Gasteiger charge is 2.12. The Bertz CT molecular complexity index is 149. The number of esters is 1.